The van der Waals surface area contributed by atoms with Crippen molar-refractivity contribution in [1.82, 2.24) is 15.0 Å². The molecule has 2 heterocycles. The number of nitrogens with one attached hydrogen (secondary N) is 1. The summed E-state index contributed by atoms with van der Waals surface area (Å²) in [6.45, 7) is 0.719. The van der Waals surface area contributed by atoms with Crippen LogP contribution in [0.5, 0.6) is 5.75 Å². The lowest BCUT2D eigenvalue weighted by molar-refractivity contribution is 0.0955. The first-order valence-corrected chi connectivity index (χ1v) is 9.28. The van der Waals surface area contributed by atoms with Crippen molar-refractivity contribution in [1.29, 1.82) is 0 Å². The van der Waals surface area contributed by atoms with Gasteiger partial charge < -0.3 is 9.67 Å². The van der Waals surface area contributed by atoms with Gasteiger partial charge in [-0.15, -0.1) is 0 Å². The molecule has 4 aromatic rings. The van der Waals surface area contributed by atoms with Gasteiger partial charge in [0.1, 0.15) is 5.75 Å². The third kappa shape index (κ3) is 4.12. The van der Waals surface area contributed by atoms with E-state index in [9.17, 15) is 9.90 Å². The van der Waals surface area contributed by atoms with Crippen LogP contribution in [0.15, 0.2) is 78.3 Å². The topological polar surface area (TPSA) is 79.5 Å². The number of benzene rings is 2. The van der Waals surface area contributed by atoms with Crippen LogP contribution in [0.1, 0.15) is 21.5 Å². The number of phenolic OH excluding ortho intramolecular Hbond substituents is 1. The standard InChI is InChI=1S/C22H17ClN4O2/c23-19-11-16(6-7-21(19)28)22(29)26-25-13-17-4-1-5-20-18(17)8-10-27(20)14-15-3-2-9-24-12-15/h1-13,28H,14H2,(H,26,29)/b25-13+. The monoisotopic (exact) mass is 404 g/mol. The molecule has 2 N–H and O–H groups in total. The number of rotatable bonds is 5. The maximum Gasteiger partial charge on any atom is 0.271 e. The Hall–Kier alpha value is -3.64. The van der Waals surface area contributed by atoms with Gasteiger partial charge in [0.05, 0.1) is 11.2 Å². The second kappa shape index (κ2) is 8.16. The van der Waals surface area contributed by atoms with Gasteiger partial charge in [-0.25, -0.2) is 5.43 Å². The average Bonchev–Trinajstić information content (AvgIpc) is 3.14. The van der Waals surface area contributed by atoms with Crippen molar-refractivity contribution in [3.63, 3.8) is 0 Å². The minimum atomic E-state index is -0.413. The molecule has 7 heteroatoms. The number of amides is 1. The van der Waals surface area contributed by atoms with E-state index in [-0.39, 0.29) is 10.8 Å². The number of carbonyl (C=O) groups is 1. The Morgan fingerprint density at radius 3 is 2.90 bits per heavy atom. The molecule has 0 aliphatic heterocycles. The maximum atomic E-state index is 12.2. The molecule has 2 aromatic heterocycles. The number of hydrogen-bond acceptors (Lipinski definition) is 4. The molecule has 0 spiro atoms. The van der Waals surface area contributed by atoms with E-state index in [4.69, 9.17) is 11.6 Å². The molecule has 6 nitrogen and oxygen atoms in total. The molecule has 0 saturated heterocycles. The van der Waals surface area contributed by atoms with Crippen LogP contribution >= 0.6 is 11.6 Å². The lowest BCUT2D eigenvalue weighted by Gasteiger charge is -2.06. The summed E-state index contributed by atoms with van der Waals surface area (Å²) < 4.78 is 2.14. The largest absolute Gasteiger partial charge is 0.506 e. The zero-order valence-electron chi connectivity index (χ0n) is 15.3. The van der Waals surface area contributed by atoms with Crippen LogP contribution in [0.3, 0.4) is 0 Å². The van der Waals surface area contributed by atoms with Gasteiger partial charge in [0, 0.05) is 47.2 Å². The zero-order valence-corrected chi connectivity index (χ0v) is 16.0. The van der Waals surface area contributed by atoms with Crippen LogP contribution in [-0.2, 0) is 6.54 Å². The quantitative estimate of drug-likeness (QED) is 0.386. The Labute approximate surface area is 172 Å². The molecule has 29 heavy (non-hydrogen) atoms. The van der Waals surface area contributed by atoms with E-state index in [1.165, 1.54) is 18.2 Å². The molecule has 0 aliphatic rings. The minimum Gasteiger partial charge on any atom is -0.506 e. The first-order chi connectivity index (χ1) is 14.1. The molecule has 0 fully saturated rings. The zero-order chi connectivity index (χ0) is 20.2. The second-order valence-electron chi connectivity index (χ2n) is 6.45. The lowest BCUT2D eigenvalue weighted by Crippen LogP contribution is -2.17. The highest BCUT2D eigenvalue weighted by Crippen LogP contribution is 2.23. The van der Waals surface area contributed by atoms with E-state index in [1.54, 1.807) is 12.4 Å². The molecule has 0 saturated carbocycles. The normalized spacial score (nSPS) is 11.2. The fourth-order valence-electron chi connectivity index (χ4n) is 3.06. The highest BCUT2D eigenvalue weighted by Gasteiger charge is 2.08. The molecule has 0 atom stereocenters. The molecule has 0 bridgehead atoms. The van der Waals surface area contributed by atoms with Crippen molar-refractivity contribution in [3.8, 4) is 5.75 Å². The van der Waals surface area contributed by atoms with Gasteiger partial charge in [-0.3, -0.25) is 9.78 Å². The molecule has 144 valence electrons. The molecule has 1 amide bonds. The predicted octanol–water partition coefficient (Wildman–Crippen LogP) is 4.21. The van der Waals surface area contributed by atoms with Gasteiger partial charge in [0.15, 0.2) is 0 Å². The third-order valence-electron chi connectivity index (χ3n) is 4.50. The number of carbonyl (C=O) groups excluding carboxylic acids is 1. The summed E-state index contributed by atoms with van der Waals surface area (Å²) >= 11 is 5.84. The van der Waals surface area contributed by atoms with Crippen LogP contribution in [0.2, 0.25) is 5.02 Å². The van der Waals surface area contributed by atoms with Crippen LogP contribution in [-0.4, -0.2) is 26.8 Å². The summed E-state index contributed by atoms with van der Waals surface area (Å²) in [4.78, 5) is 16.4. The highest BCUT2D eigenvalue weighted by molar-refractivity contribution is 6.32. The summed E-state index contributed by atoms with van der Waals surface area (Å²) in [6.07, 6.45) is 7.23. The molecule has 0 aliphatic carbocycles. The van der Waals surface area contributed by atoms with E-state index in [1.807, 2.05) is 48.8 Å². The third-order valence-corrected chi connectivity index (χ3v) is 4.81. The molecule has 0 unspecified atom stereocenters. The number of hydrogen-bond donors (Lipinski definition) is 2. The number of halogens is 1. The Morgan fingerprint density at radius 2 is 2.10 bits per heavy atom. The number of aromatic hydroxyl groups is 1. The van der Waals surface area contributed by atoms with Crippen LogP contribution in [0.25, 0.3) is 10.9 Å². The number of pyridine rings is 1. The van der Waals surface area contributed by atoms with Gasteiger partial charge in [-0.05, 0) is 42.0 Å². The van der Waals surface area contributed by atoms with Gasteiger partial charge in [-0.2, -0.15) is 5.10 Å². The summed E-state index contributed by atoms with van der Waals surface area (Å²) in [5.41, 5.74) is 5.86. The second-order valence-corrected chi connectivity index (χ2v) is 6.86. The van der Waals surface area contributed by atoms with E-state index in [2.05, 4.69) is 20.1 Å². The Balaban J connectivity index is 1.52. The van der Waals surface area contributed by atoms with Crippen LogP contribution in [0.4, 0.5) is 0 Å². The Bertz CT molecular complexity index is 1200. The van der Waals surface area contributed by atoms with Crippen LogP contribution in [0, 0.1) is 0 Å². The number of fused-ring (bicyclic) bond motifs is 1. The summed E-state index contributed by atoms with van der Waals surface area (Å²) in [7, 11) is 0. The maximum absolute atomic E-state index is 12.2. The lowest BCUT2D eigenvalue weighted by atomic mass is 10.1. The molecular formula is C22H17ClN4O2. The first-order valence-electron chi connectivity index (χ1n) is 8.90. The van der Waals surface area contributed by atoms with Crippen molar-refractivity contribution in [2.45, 2.75) is 6.54 Å². The molecule has 2 aromatic carbocycles. The summed E-state index contributed by atoms with van der Waals surface area (Å²) in [5, 5.41) is 14.7. The fourth-order valence-corrected chi connectivity index (χ4v) is 3.24. The Kier molecular flexibility index (Phi) is 5.27. The van der Waals surface area contributed by atoms with E-state index in [0.29, 0.717) is 5.56 Å². The van der Waals surface area contributed by atoms with Crippen molar-refractivity contribution >= 4 is 34.6 Å². The highest BCUT2D eigenvalue weighted by atomic mass is 35.5. The predicted molar refractivity (Wildman–Crippen MR) is 113 cm³/mol. The number of phenols is 1. The van der Waals surface area contributed by atoms with Crippen LogP contribution < -0.4 is 5.43 Å². The first kappa shape index (κ1) is 18.7. The molecule has 4 rings (SSSR count). The smallest absolute Gasteiger partial charge is 0.271 e. The minimum absolute atomic E-state index is 0.0748. The number of nitrogens with zero attached hydrogens (tertiary/aromatic N) is 3. The van der Waals surface area contributed by atoms with Gasteiger partial charge in [-0.1, -0.05) is 29.8 Å². The van der Waals surface area contributed by atoms with Gasteiger partial charge >= 0.3 is 0 Å². The fraction of sp³-hybridized carbons (Fsp3) is 0.0455. The SMILES string of the molecule is O=C(N/N=C/c1cccc2c1ccn2Cc1cccnc1)c1ccc(O)c(Cl)c1. The number of aromatic nitrogens is 2. The van der Waals surface area contributed by atoms with E-state index < -0.39 is 5.91 Å². The van der Waals surface area contributed by atoms with Crippen molar-refractivity contribution in [2.24, 2.45) is 5.10 Å². The Morgan fingerprint density at radius 1 is 1.21 bits per heavy atom. The van der Waals surface area contributed by atoms with Crippen molar-refractivity contribution in [2.75, 3.05) is 0 Å². The summed E-state index contributed by atoms with van der Waals surface area (Å²) in [5.74, 6) is -0.487. The van der Waals surface area contributed by atoms with Gasteiger partial charge in [0.25, 0.3) is 5.91 Å². The molecule has 0 radical (unpaired) electrons. The average molecular weight is 405 g/mol. The molecular weight excluding hydrogens is 388 g/mol. The van der Waals surface area contributed by atoms with Gasteiger partial charge in [0.2, 0.25) is 0 Å². The van der Waals surface area contributed by atoms with E-state index >= 15 is 0 Å². The number of hydrazone groups is 1. The summed E-state index contributed by atoms with van der Waals surface area (Å²) in [6, 6.07) is 16.1. The van der Waals surface area contributed by atoms with Crippen molar-refractivity contribution < 1.29 is 9.90 Å². The van der Waals surface area contributed by atoms with Crippen molar-refractivity contribution in [3.05, 3.63) is 94.9 Å². The van der Waals surface area contributed by atoms with E-state index in [0.717, 1.165) is 28.6 Å².